The van der Waals surface area contributed by atoms with E-state index in [2.05, 4.69) is 40.7 Å². The molecule has 0 aromatic heterocycles. The fourth-order valence-electron chi connectivity index (χ4n) is 2.30. The summed E-state index contributed by atoms with van der Waals surface area (Å²) in [5.41, 5.74) is 2.60. The summed E-state index contributed by atoms with van der Waals surface area (Å²) < 4.78 is 0. The van der Waals surface area contributed by atoms with Gasteiger partial charge in [0.05, 0.1) is 0 Å². The Balaban J connectivity index is 2.84. The molecule has 0 aromatic rings. The Labute approximate surface area is 94.7 Å². The van der Waals surface area contributed by atoms with Gasteiger partial charge in [0.15, 0.2) is 0 Å². The zero-order chi connectivity index (χ0) is 11.4. The lowest BCUT2D eigenvalue weighted by molar-refractivity contribution is 0.357. The molecule has 1 heteroatoms. The number of nitrogens with zero attached hydrogens (tertiary/aromatic N) is 1. The van der Waals surface area contributed by atoms with Crippen molar-refractivity contribution in [1.82, 2.24) is 0 Å². The minimum atomic E-state index is 0.560. The van der Waals surface area contributed by atoms with Crippen LogP contribution in [0.4, 0.5) is 0 Å². The summed E-state index contributed by atoms with van der Waals surface area (Å²) in [5, 5.41) is 0. The Kier molecular flexibility index (Phi) is 4.56. The van der Waals surface area contributed by atoms with E-state index in [1.165, 1.54) is 30.7 Å². The third kappa shape index (κ3) is 3.48. The van der Waals surface area contributed by atoms with Gasteiger partial charge in [-0.25, -0.2) is 0 Å². The summed E-state index contributed by atoms with van der Waals surface area (Å²) >= 11 is 0. The summed E-state index contributed by atoms with van der Waals surface area (Å²) in [6.07, 6.45) is 6.00. The molecule has 86 valence electrons. The molecule has 0 saturated carbocycles. The molecule has 1 aliphatic heterocycles. The van der Waals surface area contributed by atoms with E-state index in [0.29, 0.717) is 5.92 Å². The standard InChI is InChI=1S/C14H25N/c1-6-13-9-12(5)15-14(10(2)3)8-7-11(13)4/h8,10-11,13H,6-7,9H2,1-5H3/b14-8+,15-12-. The zero-order valence-electron chi connectivity index (χ0n) is 10.9. The van der Waals surface area contributed by atoms with E-state index >= 15 is 0 Å². The van der Waals surface area contributed by atoms with E-state index in [4.69, 9.17) is 4.99 Å². The summed E-state index contributed by atoms with van der Waals surface area (Å²) in [5.74, 6) is 2.18. The lowest BCUT2D eigenvalue weighted by atomic mass is 9.84. The number of hydrogen-bond acceptors (Lipinski definition) is 1. The Morgan fingerprint density at radius 3 is 2.67 bits per heavy atom. The number of allylic oxidation sites excluding steroid dienone is 2. The molecular weight excluding hydrogens is 182 g/mol. The maximum absolute atomic E-state index is 4.75. The highest BCUT2D eigenvalue weighted by atomic mass is 14.8. The van der Waals surface area contributed by atoms with Crippen LogP contribution in [0.25, 0.3) is 0 Å². The Bertz CT molecular complexity index is 261. The first-order valence-corrected chi connectivity index (χ1v) is 6.28. The van der Waals surface area contributed by atoms with Crippen LogP contribution in [0.15, 0.2) is 16.8 Å². The van der Waals surface area contributed by atoms with Crippen LogP contribution in [0, 0.1) is 17.8 Å². The summed E-state index contributed by atoms with van der Waals surface area (Å²) in [4.78, 5) is 4.75. The first kappa shape index (κ1) is 12.5. The normalized spacial score (nSPS) is 35.1. The van der Waals surface area contributed by atoms with Crippen molar-refractivity contribution < 1.29 is 0 Å². The van der Waals surface area contributed by atoms with Crippen LogP contribution in [0.3, 0.4) is 0 Å². The maximum Gasteiger partial charge on any atom is 0.0388 e. The van der Waals surface area contributed by atoms with Crippen molar-refractivity contribution in [1.29, 1.82) is 0 Å². The first-order chi connectivity index (χ1) is 7.04. The van der Waals surface area contributed by atoms with Gasteiger partial charge in [0, 0.05) is 11.4 Å². The van der Waals surface area contributed by atoms with Crippen LogP contribution in [0.1, 0.15) is 53.9 Å². The third-order valence-corrected chi connectivity index (χ3v) is 3.50. The molecule has 1 aliphatic rings. The van der Waals surface area contributed by atoms with Gasteiger partial charge in [-0.1, -0.05) is 40.2 Å². The van der Waals surface area contributed by atoms with Crippen LogP contribution >= 0.6 is 0 Å². The Morgan fingerprint density at radius 1 is 1.47 bits per heavy atom. The molecule has 1 nitrogen and oxygen atoms in total. The van der Waals surface area contributed by atoms with E-state index in [-0.39, 0.29) is 0 Å². The molecule has 0 saturated heterocycles. The molecule has 0 spiro atoms. The lowest BCUT2D eigenvalue weighted by Gasteiger charge is -2.24. The number of rotatable bonds is 2. The molecule has 15 heavy (non-hydrogen) atoms. The van der Waals surface area contributed by atoms with E-state index < -0.39 is 0 Å². The highest BCUT2D eigenvalue weighted by Crippen LogP contribution is 2.28. The van der Waals surface area contributed by atoms with Crippen molar-refractivity contribution in [3.63, 3.8) is 0 Å². The van der Waals surface area contributed by atoms with Gasteiger partial charge < -0.3 is 0 Å². The van der Waals surface area contributed by atoms with Gasteiger partial charge >= 0.3 is 0 Å². The Hall–Kier alpha value is -0.590. The van der Waals surface area contributed by atoms with E-state index in [9.17, 15) is 0 Å². The molecule has 1 heterocycles. The van der Waals surface area contributed by atoms with Crippen molar-refractivity contribution in [2.45, 2.75) is 53.9 Å². The first-order valence-electron chi connectivity index (χ1n) is 6.28. The monoisotopic (exact) mass is 207 g/mol. The zero-order valence-corrected chi connectivity index (χ0v) is 10.9. The van der Waals surface area contributed by atoms with Gasteiger partial charge in [-0.3, -0.25) is 4.99 Å². The molecule has 2 atom stereocenters. The molecule has 0 amide bonds. The van der Waals surface area contributed by atoms with Gasteiger partial charge in [0.25, 0.3) is 0 Å². The third-order valence-electron chi connectivity index (χ3n) is 3.50. The molecule has 0 fully saturated rings. The summed E-state index contributed by atoms with van der Waals surface area (Å²) in [6.45, 7) is 11.3. The fraction of sp³-hybridized carbons (Fsp3) is 0.786. The van der Waals surface area contributed by atoms with Gasteiger partial charge in [-0.15, -0.1) is 0 Å². The second kappa shape index (κ2) is 5.48. The predicted molar refractivity (Wildman–Crippen MR) is 68.2 cm³/mol. The van der Waals surface area contributed by atoms with Crippen molar-refractivity contribution in [2.24, 2.45) is 22.7 Å². The minimum Gasteiger partial charge on any atom is -0.263 e. The van der Waals surface area contributed by atoms with Crippen molar-refractivity contribution in [3.05, 3.63) is 11.8 Å². The van der Waals surface area contributed by atoms with Gasteiger partial charge in [0.2, 0.25) is 0 Å². The molecule has 0 aliphatic carbocycles. The highest BCUT2D eigenvalue weighted by molar-refractivity contribution is 5.83. The second-order valence-corrected chi connectivity index (χ2v) is 5.22. The van der Waals surface area contributed by atoms with Crippen molar-refractivity contribution in [2.75, 3.05) is 0 Å². The topological polar surface area (TPSA) is 12.4 Å². The SMILES string of the molecule is CCC1C/C(C)=N\C(C(C)C)=C\CC1C. The molecular formula is C14H25N. The van der Waals surface area contributed by atoms with Crippen molar-refractivity contribution in [3.8, 4) is 0 Å². The molecule has 0 N–H and O–H groups in total. The van der Waals surface area contributed by atoms with E-state index in [0.717, 1.165) is 11.8 Å². The van der Waals surface area contributed by atoms with Crippen LogP contribution in [-0.4, -0.2) is 5.71 Å². The highest BCUT2D eigenvalue weighted by Gasteiger charge is 2.18. The quantitative estimate of drug-likeness (QED) is 0.634. The summed E-state index contributed by atoms with van der Waals surface area (Å²) in [6, 6.07) is 0. The van der Waals surface area contributed by atoms with Gasteiger partial charge in [-0.2, -0.15) is 0 Å². The van der Waals surface area contributed by atoms with Gasteiger partial charge in [-0.05, 0) is 37.5 Å². The molecule has 2 unspecified atom stereocenters. The lowest BCUT2D eigenvalue weighted by Crippen LogP contribution is -2.16. The smallest absolute Gasteiger partial charge is 0.0388 e. The van der Waals surface area contributed by atoms with Crippen LogP contribution < -0.4 is 0 Å². The predicted octanol–water partition coefficient (Wildman–Crippen LogP) is 4.44. The van der Waals surface area contributed by atoms with Crippen molar-refractivity contribution >= 4 is 5.71 Å². The Morgan fingerprint density at radius 2 is 2.13 bits per heavy atom. The van der Waals surface area contributed by atoms with E-state index in [1.54, 1.807) is 0 Å². The van der Waals surface area contributed by atoms with Gasteiger partial charge in [0.1, 0.15) is 0 Å². The minimum absolute atomic E-state index is 0.560. The number of hydrogen-bond donors (Lipinski definition) is 0. The van der Waals surface area contributed by atoms with Crippen LogP contribution in [0.5, 0.6) is 0 Å². The second-order valence-electron chi connectivity index (χ2n) is 5.22. The number of aliphatic imine (C=N–C) groups is 1. The molecule has 0 aromatic carbocycles. The molecule has 1 rings (SSSR count). The maximum atomic E-state index is 4.75. The average Bonchev–Trinajstić information content (AvgIpc) is 2.17. The average molecular weight is 207 g/mol. The summed E-state index contributed by atoms with van der Waals surface area (Å²) in [7, 11) is 0. The van der Waals surface area contributed by atoms with E-state index in [1.807, 2.05) is 0 Å². The van der Waals surface area contributed by atoms with Crippen LogP contribution in [-0.2, 0) is 0 Å². The molecule has 0 bridgehead atoms. The molecule has 0 radical (unpaired) electrons. The fourth-order valence-corrected chi connectivity index (χ4v) is 2.30. The van der Waals surface area contributed by atoms with Crippen LogP contribution in [0.2, 0.25) is 0 Å². The largest absolute Gasteiger partial charge is 0.263 e.